The van der Waals surface area contributed by atoms with Gasteiger partial charge in [-0.1, -0.05) is 29.4 Å². The molecule has 1 aliphatic heterocycles. The van der Waals surface area contributed by atoms with Gasteiger partial charge in [-0.3, -0.25) is 4.79 Å². The summed E-state index contributed by atoms with van der Waals surface area (Å²) in [6.07, 6.45) is 2.21. The van der Waals surface area contributed by atoms with Gasteiger partial charge in [0.1, 0.15) is 0 Å². The smallest absolute Gasteiger partial charge is 0.237 e. The Kier molecular flexibility index (Phi) is 5.93. The van der Waals surface area contributed by atoms with Crippen LogP contribution in [0.15, 0.2) is 23.4 Å². The molecule has 0 spiro atoms. The molecular formula is C16H20ClN5O2S. The number of aryl methyl sites for hydroxylation is 1. The van der Waals surface area contributed by atoms with Crippen molar-refractivity contribution in [3.05, 3.63) is 28.8 Å². The predicted octanol–water partition coefficient (Wildman–Crippen LogP) is 2.93. The fourth-order valence-electron chi connectivity index (χ4n) is 2.55. The summed E-state index contributed by atoms with van der Waals surface area (Å²) in [5, 5.41) is 15.5. The van der Waals surface area contributed by atoms with Gasteiger partial charge >= 0.3 is 0 Å². The monoisotopic (exact) mass is 381 g/mol. The van der Waals surface area contributed by atoms with E-state index >= 15 is 0 Å². The standard InChI is InChI=1S/C16H20ClN5O2S/c1-10-5-6-12(17)8-14(10)18-15(23)11(2)25-16-19-20-21-22(16)9-13-4-3-7-24-13/h5-6,8,11,13H,3-4,7,9H2,1-2H3,(H,18,23)/t11-,13+/m1/s1. The van der Waals surface area contributed by atoms with Gasteiger partial charge in [0, 0.05) is 17.3 Å². The first-order valence-corrected chi connectivity index (χ1v) is 9.40. The summed E-state index contributed by atoms with van der Waals surface area (Å²) in [6.45, 7) is 5.14. The molecule has 134 valence electrons. The number of thioether (sulfide) groups is 1. The van der Waals surface area contributed by atoms with Crippen LogP contribution in [0.3, 0.4) is 0 Å². The highest BCUT2D eigenvalue weighted by Crippen LogP contribution is 2.25. The number of hydrogen-bond acceptors (Lipinski definition) is 6. The second-order valence-corrected chi connectivity index (χ2v) is 7.73. The molecule has 9 heteroatoms. The zero-order chi connectivity index (χ0) is 17.8. The number of hydrogen-bond donors (Lipinski definition) is 1. The van der Waals surface area contributed by atoms with Crippen molar-refractivity contribution >= 4 is 35.0 Å². The average molecular weight is 382 g/mol. The first-order valence-electron chi connectivity index (χ1n) is 8.14. The largest absolute Gasteiger partial charge is 0.376 e. The molecule has 1 aromatic carbocycles. The molecule has 25 heavy (non-hydrogen) atoms. The number of nitrogens with one attached hydrogen (secondary N) is 1. The van der Waals surface area contributed by atoms with Crippen molar-refractivity contribution in [3.63, 3.8) is 0 Å². The number of ether oxygens (including phenoxy) is 1. The van der Waals surface area contributed by atoms with Crippen molar-refractivity contribution in [1.82, 2.24) is 20.2 Å². The van der Waals surface area contributed by atoms with Crippen LogP contribution in [0.5, 0.6) is 0 Å². The Morgan fingerprint density at radius 3 is 3.16 bits per heavy atom. The third kappa shape index (κ3) is 4.71. The van der Waals surface area contributed by atoms with E-state index in [9.17, 15) is 4.79 Å². The van der Waals surface area contributed by atoms with E-state index in [2.05, 4.69) is 20.8 Å². The van der Waals surface area contributed by atoms with Gasteiger partial charge in [0.15, 0.2) is 0 Å². The topological polar surface area (TPSA) is 81.9 Å². The zero-order valence-corrected chi connectivity index (χ0v) is 15.7. The fraction of sp³-hybridized carbons (Fsp3) is 0.500. The normalized spacial score (nSPS) is 18.3. The Balaban J connectivity index is 1.61. The van der Waals surface area contributed by atoms with Crippen LogP contribution >= 0.6 is 23.4 Å². The van der Waals surface area contributed by atoms with Gasteiger partial charge in [0.05, 0.1) is 17.9 Å². The number of carbonyl (C=O) groups excluding carboxylic acids is 1. The van der Waals surface area contributed by atoms with Crippen LogP contribution in [0.2, 0.25) is 5.02 Å². The average Bonchev–Trinajstić information content (AvgIpc) is 3.24. The van der Waals surface area contributed by atoms with Crippen molar-refractivity contribution < 1.29 is 9.53 Å². The lowest BCUT2D eigenvalue weighted by Crippen LogP contribution is -2.24. The second-order valence-electron chi connectivity index (χ2n) is 5.99. The molecule has 1 amide bonds. The van der Waals surface area contributed by atoms with Gasteiger partial charge < -0.3 is 10.1 Å². The Morgan fingerprint density at radius 1 is 1.56 bits per heavy atom. The summed E-state index contributed by atoms with van der Waals surface area (Å²) in [6, 6.07) is 5.41. The number of anilines is 1. The SMILES string of the molecule is Cc1ccc(Cl)cc1NC(=O)[C@@H](C)Sc1nnnn1C[C@@H]1CCCO1. The quantitative estimate of drug-likeness (QED) is 0.775. The van der Waals surface area contributed by atoms with Gasteiger partial charge in [-0.15, -0.1) is 5.10 Å². The van der Waals surface area contributed by atoms with Gasteiger partial charge in [0.2, 0.25) is 11.1 Å². The van der Waals surface area contributed by atoms with Crippen LogP contribution in [0.25, 0.3) is 0 Å². The lowest BCUT2D eigenvalue weighted by molar-refractivity contribution is -0.115. The maximum absolute atomic E-state index is 12.5. The summed E-state index contributed by atoms with van der Waals surface area (Å²) in [5.74, 6) is -0.123. The molecule has 0 radical (unpaired) electrons. The maximum atomic E-state index is 12.5. The molecule has 1 fully saturated rings. The van der Waals surface area contributed by atoms with E-state index in [1.165, 1.54) is 11.8 Å². The van der Waals surface area contributed by atoms with E-state index in [1.807, 2.05) is 19.9 Å². The summed E-state index contributed by atoms with van der Waals surface area (Å²) in [4.78, 5) is 12.5. The number of halogens is 1. The van der Waals surface area contributed by atoms with E-state index < -0.39 is 0 Å². The molecule has 1 N–H and O–H groups in total. The van der Waals surface area contributed by atoms with E-state index in [0.717, 1.165) is 25.0 Å². The fourth-order valence-corrected chi connectivity index (χ4v) is 3.52. The van der Waals surface area contributed by atoms with E-state index in [1.54, 1.807) is 16.8 Å². The summed E-state index contributed by atoms with van der Waals surface area (Å²) in [5.41, 5.74) is 1.67. The molecule has 2 atom stereocenters. The molecule has 1 aromatic heterocycles. The number of rotatable bonds is 6. The third-order valence-corrected chi connectivity index (χ3v) is 5.31. The van der Waals surface area contributed by atoms with Gasteiger partial charge in [-0.25, -0.2) is 4.68 Å². The van der Waals surface area contributed by atoms with Crippen LogP contribution in [-0.4, -0.2) is 44.1 Å². The second kappa shape index (κ2) is 8.16. The van der Waals surface area contributed by atoms with Crippen LogP contribution in [0.4, 0.5) is 5.69 Å². The number of amides is 1. The molecule has 0 aliphatic carbocycles. The Morgan fingerprint density at radius 2 is 2.40 bits per heavy atom. The van der Waals surface area contributed by atoms with Gasteiger partial charge in [0.25, 0.3) is 0 Å². The molecule has 2 heterocycles. The van der Waals surface area contributed by atoms with Crippen LogP contribution in [-0.2, 0) is 16.1 Å². The summed E-state index contributed by atoms with van der Waals surface area (Å²) < 4.78 is 7.32. The van der Waals surface area contributed by atoms with Gasteiger partial charge in [-0.2, -0.15) is 0 Å². The van der Waals surface area contributed by atoms with Crippen molar-refractivity contribution in [2.24, 2.45) is 0 Å². The minimum atomic E-state index is -0.354. The third-order valence-electron chi connectivity index (χ3n) is 4.01. The highest BCUT2D eigenvalue weighted by molar-refractivity contribution is 8.00. The van der Waals surface area contributed by atoms with E-state index in [-0.39, 0.29) is 17.3 Å². The van der Waals surface area contributed by atoms with Crippen molar-refractivity contribution in [2.75, 3.05) is 11.9 Å². The molecule has 1 saturated heterocycles. The van der Waals surface area contributed by atoms with Crippen molar-refractivity contribution in [1.29, 1.82) is 0 Å². The molecule has 2 aromatic rings. The van der Waals surface area contributed by atoms with Crippen molar-refractivity contribution in [3.8, 4) is 0 Å². The van der Waals surface area contributed by atoms with Gasteiger partial charge in [-0.05, 0) is 54.8 Å². The lowest BCUT2D eigenvalue weighted by atomic mass is 10.2. The molecule has 0 unspecified atom stereocenters. The molecule has 1 aliphatic rings. The number of tetrazole rings is 1. The highest BCUT2D eigenvalue weighted by Gasteiger charge is 2.22. The van der Waals surface area contributed by atoms with Crippen molar-refractivity contribution in [2.45, 2.75) is 49.7 Å². The van der Waals surface area contributed by atoms with Crippen LogP contribution < -0.4 is 5.32 Å². The predicted molar refractivity (Wildman–Crippen MR) is 96.9 cm³/mol. The van der Waals surface area contributed by atoms with Crippen LogP contribution in [0.1, 0.15) is 25.3 Å². The minimum absolute atomic E-state index is 0.123. The highest BCUT2D eigenvalue weighted by atomic mass is 35.5. The summed E-state index contributed by atoms with van der Waals surface area (Å²) >= 11 is 7.32. The molecule has 7 nitrogen and oxygen atoms in total. The number of benzene rings is 1. The molecule has 0 bridgehead atoms. The van der Waals surface area contributed by atoms with Crippen LogP contribution in [0, 0.1) is 6.92 Å². The van der Waals surface area contributed by atoms with E-state index in [4.69, 9.17) is 16.3 Å². The number of carbonyl (C=O) groups is 1. The maximum Gasteiger partial charge on any atom is 0.237 e. The Hall–Kier alpha value is -1.64. The first kappa shape index (κ1) is 18.2. The minimum Gasteiger partial charge on any atom is -0.376 e. The van der Waals surface area contributed by atoms with E-state index in [0.29, 0.717) is 22.4 Å². The lowest BCUT2D eigenvalue weighted by Gasteiger charge is -2.14. The Labute approximate surface area is 155 Å². The first-order chi connectivity index (χ1) is 12.0. The summed E-state index contributed by atoms with van der Waals surface area (Å²) in [7, 11) is 0. The number of nitrogens with zero attached hydrogens (tertiary/aromatic N) is 4. The molecule has 3 rings (SSSR count). The molecule has 0 saturated carbocycles. The number of aromatic nitrogens is 4. The zero-order valence-electron chi connectivity index (χ0n) is 14.1. The molecular weight excluding hydrogens is 362 g/mol. The Bertz CT molecular complexity index is 748.